The van der Waals surface area contributed by atoms with E-state index in [2.05, 4.69) is 0 Å². The fourth-order valence-electron chi connectivity index (χ4n) is 3.15. The number of fused-ring (bicyclic) bond motifs is 1. The highest BCUT2D eigenvalue weighted by atomic mass is 16.6. The van der Waals surface area contributed by atoms with Gasteiger partial charge in [-0.2, -0.15) is 0 Å². The number of amides is 2. The van der Waals surface area contributed by atoms with Crippen LogP contribution >= 0.6 is 0 Å². The second-order valence-corrected chi connectivity index (χ2v) is 5.28. The fraction of sp³-hybridized carbons (Fsp3) is 0.385. The minimum atomic E-state index is -0.591. The number of likely N-dealkylation sites (tertiary alicyclic amines) is 1. The van der Waals surface area contributed by atoms with Crippen molar-refractivity contribution in [2.24, 2.45) is 11.8 Å². The second-order valence-electron chi connectivity index (χ2n) is 5.28. The molecular weight excluding hydrogens is 248 g/mol. The third kappa shape index (κ3) is 1.31. The maximum atomic E-state index is 11.9. The van der Waals surface area contributed by atoms with Gasteiger partial charge in [0.1, 0.15) is 0 Å². The highest BCUT2D eigenvalue weighted by Gasteiger charge is 2.74. The summed E-state index contributed by atoms with van der Waals surface area (Å²) in [7, 11) is 1.48. The van der Waals surface area contributed by atoms with Crippen LogP contribution in [0.1, 0.15) is 12.5 Å². The molecule has 98 valence electrons. The third-order valence-electron chi connectivity index (χ3n) is 4.39. The summed E-state index contributed by atoms with van der Waals surface area (Å²) >= 11 is 0. The van der Waals surface area contributed by atoms with Crippen molar-refractivity contribution in [3.8, 4) is 0 Å². The molecule has 2 aliphatic rings. The smallest absolute Gasteiger partial charge is 0.269 e. The number of hydrogen-bond acceptors (Lipinski definition) is 4. The van der Waals surface area contributed by atoms with Crippen LogP contribution in [0.25, 0.3) is 0 Å². The average Bonchev–Trinajstić information content (AvgIpc) is 2.96. The van der Waals surface area contributed by atoms with Gasteiger partial charge in [0.25, 0.3) is 5.69 Å². The lowest BCUT2D eigenvalue weighted by Crippen LogP contribution is -2.34. The SMILES string of the molecule is CN1C(=O)[C@@H]2[C@H](C1=O)C2(C)c1cccc([N+](=O)[O-])c1. The molecule has 0 N–H and O–H groups in total. The van der Waals surface area contributed by atoms with E-state index >= 15 is 0 Å². The lowest BCUT2D eigenvalue weighted by Gasteiger charge is -2.19. The number of nitro groups is 1. The van der Waals surface area contributed by atoms with Crippen LogP contribution in [0.4, 0.5) is 5.69 Å². The van der Waals surface area contributed by atoms with Crippen LogP contribution in [0.3, 0.4) is 0 Å². The molecule has 6 heteroatoms. The topological polar surface area (TPSA) is 80.5 Å². The van der Waals surface area contributed by atoms with E-state index in [0.29, 0.717) is 5.56 Å². The number of imide groups is 1. The van der Waals surface area contributed by atoms with E-state index in [4.69, 9.17) is 0 Å². The van der Waals surface area contributed by atoms with E-state index in [9.17, 15) is 19.7 Å². The molecule has 2 amide bonds. The number of carbonyl (C=O) groups excluding carboxylic acids is 2. The quantitative estimate of drug-likeness (QED) is 0.453. The molecule has 1 aliphatic carbocycles. The fourth-order valence-corrected chi connectivity index (χ4v) is 3.15. The number of hydrogen-bond donors (Lipinski definition) is 0. The van der Waals surface area contributed by atoms with Crippen molar-refractivity contribution in [2.75, 3.05) is 7.05 Å². The Kier molecular flexibility index (Phi) is 2.12. The number of piperidine rings is 1. The van der Waals surface area contributed by atoms with E-state index in [1.807, 2.05) is 6.92 Å². The number of nitro benzene ring substituents is 1. The Morgan fingerprint density at radius 1 is 1.26 bits per heavy atom. The van der Waals surface area contributed by atoms with Gasteiger partial charge in [-0.15, -0.1) is 0 Å². The van der Waals surface area contributed by atoms with Gasteiger partial charge >= 0.3 is 0 Å². The van der Waals surface area contributed by atoms with E-state index < -0.39 is 10.3 Å². The van der Waals surface area contributed by atoms with E-state index in [0.717, 1.165) is 4.90 Å². The summed E-state index contributed by atoms with van der Waals surface area (Å²) in [5.41, 5.74) is 0.0793. The second kappa shape index (κ2) is 3.40. The molecule has 1 saturated heterocycles. The van der Waals surface area contributed by atoms with Gasteiger partial charge in [0.2, 0.25) is 11.8 Å². The summed E-state index contributed by atoms with van der Waals surface area (Å²) in [6, 6.07) is 6.19. The largest absolute Gasteiger partial charge is 0.285 e. The predicted molar refractivity (Wildman–Crippen MR) is 65.2 cm³/mol. The summed E-state index contributed by atoms with van der Waals surface area (Å²) in [6.45, 7) is 1.82. The van der Waals surface area contributed by atoms with Crippen LogP contribution in [0.2, 0.25) is 0 Å². The predicted octanol–water partition coefficient (Wildman–Crippen LogP) is 1.10. The highest BCUT2D eigenvalue weighted by molar-refractivity contribution is 6.11. The molecular formula is C13H12N2O4. The maximum absolute atomic E-state index is 11.9. The van der Waals surface area contributed by atoms with Crippen molar-refractivity contribution in [2.45, 2.75) is 12.3 Å². The molecule has 3 atom stereocenters. The molecule has 1 heterocycles. The van der Waals surface area contributed by atoms with E-state index in [-0.39, 0.29) is 29.3 Å². The zero-order valence-electron chi connectivity index (χ0n) is 10.5. The minimum absolute atomic E-state index is 0.0167. The van der Waals surface area contributed by atoms with Crippen LogP contribution in [0.5, 0.6) is 0 Å². The van der Waals surface area contributed by atoms with Crippen LogP contribution in [0.15, 0.2) is 24.3 Å². The zero-order chi connectivity index (χ0) is 13.9. The van der Waals surface area contributed by atoms with Crippen LogP contribution in [-0.2, 0) is 15.0 Å². The van der Waals surface area contributed by atoms with Crippen molar-refractivity contribution >= 4 is 17.5 Å². The monoisotopic (exact) mass is 260 g/mol. The van der Waals surface area contributed by atoms with E-state index in [1.165, 1.54) is 19.2 Å². The molecule has 1 aromatic carbocycles. The summed E-state index contributed by atoms with van der Waals surface area (Å²) in [5, 5.41) is 10.8. The Labute approximate surface area is 109 Å². The van der Waals surface area contributed by atoms with E-state index in [1.54, 1.807) is 12.1 Å². The zero-order valence-corrected chi connectivity index (χ0v) is 10.5. The molecule has 0 bridgehead atoms. The van der Waals surface area contributed by atoms with Crippen LogP contribution in [0, 0.1) is 22.0 Å². The Balaban J connectivity index is 2.01. The van der Waals surface area contributed by atoms with Gasteiger partial charge < -0.3 is 0 Å². The first-order valence-corrected chi connectivity index (χ1v) is 5.95. The molecule has 0 aromatic heterocycles. The molecule has 2 fully saturated rings. The molecule has 1 saturated carbocycles. The Bertz CT molecular complexity index is 603. The van der Waals surface area contributed by atoms with Crippen LogP contribution in [-0.4, -0.2) is 28.7 Å². The van der Waals surface area contributed by atoms with Crippen molar-refractivity contribution < 1.29 is 14.5 Å². The van der Waals surface area contributed by atoms with Crippen LogP contribution < -0.4 is 0 Å². The molecule has 19 heavy (non-hydrogen) atoms. The molecule has 1 aliphatic heterocycles. The molecule has 6 nitrogen and oxygen atoms in total. The summed E-state index contributed by atoms with van der Waals surface area (Å²) in [5.74, 6) is -1.12. The Morgan fingerprint density at radius 3 is 2.37 bits per heavy atom. The highest BCUT2D eigenvalue weighted by Crippen LogP contribution is 2.64. The van der Waals surface area contributed by atoms with Gasteiger partial charge in [0, 0.05) is 24.6 Å². The lowest BCUT2D eigenvalue weighted by molar-refractivity contribution is -0.384. The van der Waals surface area contributed by atoms with Gasteiger partial charge in [-0.3, -0.25) is 24.6 Å². The van der Waals surface area contributed by atoms with Gasteiger partial charge in [-0.25, -0.2) is 0 Å². The first-order chi connectivity index (χ1) is 8.89. The number of carbonyl (C=O) groups is 2. The van der Waals surface area contributed by atoms with Gasteiger partial charge in [-0.05, 0) is 5.56 Å². The molecule has 1 aromatic rings. The van der Waals surface area contributed by atoms with Crippen molar-refractivity contribution in [1.82, 2.24) is 4.90 Å². The number of nitrogens with zero attached hydrogens (tertiary/aromatic N) is 2. The Hall–Kier alpha value is -2.24. The maximum Gasteiger partial charge on any atom is 0.269 e. The van der Waals surface area contributed by atoms with Crippen molar-refractivity contribution in [3.63, 3.8) is 0 Å². The third-order valence-corrected chi connectivity index (χ3v) is 4.39. The van der Waals surface area contributed by atoms with Gasteiger partial charge in [-0.1, -0.05) is 19.1 Å². The first kappa shape index (κ1) is 11.8. The first-order valence-electron chi connectivity index (χ1n) is 5.95. The Morgan fingerprint density at radius 2 is 1.84 bits per heavy atom. The summed E-state index contributed by atoms with van der Waals surface area (Å²) in [6.07, 6.45) is 0. The number of rotatable bonds is 2. The standard InChI is InChI=1S/C13H12N2O4/c1-13(7-4-3-5-8(6-7)15(18)19)9-10(13)12(17)14(2)11(9)16/h3-6,9-10H,1-2H3/t9-,10+,13?. The summed E-state index contributed by atoms with van der Waals surface area (Å²) in [4.78, 5) is 35.3. The number of non-ortho nitro benzene ring substituents is 1. The van der Waals surface area contributed by atoms with Crippen molar-refractivity contribution in [3.05, 3.63) is 39.9 Å². The molecule has 0 spiro atoms. The normalized spacial score (nSPS) is 32.4. The van der Waals surface area contributed by atoms with Gasteiger partial charge in [0.05, 0.1) is 16.8 Å². The summed E-state index contributed by atoms with van der Waals surface area (Å²) < 4.78 is 0. The minimum Gasteiger partial charge on any atom is -0.285 e. The molecule has 0 radical (unpaired) electrons. The molecule has 1 unspecified atom stereocenters. The number of benzene rings is 1. The van der Waals surface area contributed by atoms with Gasteiger partial charge in [0.15, 0.2) is 0 Å². The average molecular weight is 260 g/mol. The molecule has 3 rings (SSSR count). The lowest BCUT2D eigenvalue weighted by atomic mass is 9.91. The van der Waals surface area contributed by atoms with Crippen molar-refractivity contribution in [1.29, 1.82) is 0 Å².